The Morgan fingerprint density at radius 1 is 1.29 bits per heavy atom. The number of hydrogen-bond donors (Lipinski definition) is 1. The number of hydrogen-bond acceptors (Lipinski definition) is 3. The normalized spacial score (nSPS) is 17.0. The third-order valence-corrected chi connectivity index (χ3v) is 3.54. The van der Waals surface area contributed by atoms with E-state index in [-0.39, 0.29) is 12.4 Å². The van der Waals surface area contributed by atoms with Gasteiger partial charge in [0.2, 0.25) is 0 Å². The predicted octanol–water partition coefficient (Wildman–Crippen LogP) is 2.54. The van der Waals surface area contributed by atoms with Gasteiger partial charge in [0.05, 0.1) is 24.0 Å². The number of rotatable bonds is 1. The van der Waals surface area contributed by atoms with E-state index in [2.05, 4.69) is 36.0 Å². The fraction of sp³-hybridized carbons (Fsp3) is 0.455. The highest BCUT2D eigenvalue weighted by molar-refractivity contribution is 9.10. The van der Waals surface area contributed by atoms with Crippen molar-refractivity contribution in [3.05, 3.63) is 23.1 Å². The smallest absolute Gasteiger partial charge is 0.106 e. The third-order valence-electron chi connectivity index (χ3n) is 3.10. The molecule has 1 N–H and O–H groups in total. The molecule has 0 spiro atoms. The molecule has 0 amide bonds. The molecule has 0 atom stereocenters. The summed E-state index contributed by atoms with van der Waals surface area (Å²) < 4.78 is 2.99. The van der Waals surface area contributed by atoms with Crippen LogP contribution in [-0.4, -0.2) is 27.9 Å². The van der Waals surface area contributed by atoms with Crippen molar-refractivity contribution < 1.29 is 0 Å². The molecule has 6 heteroatoms. The van der Waals surface area contributed by atoms with E-state index in [0.717, 1.165) is 41.4 Å². The van der Waals surface area contributed by atoms with Gasteiger partial charge in [-0.05, 0) is 47.9 Å². The summed E-state index contributed by atoms with van der Waals surface area (Å²) in [6.07, 6.45) is 6.11. The standard InChI is InChI=1S/C11H13BrN4.ClH/c12-11-5-8-6-15-16(10(8)7-14-11)9-1-3-13-4-2-9;/h5-7,9,13H,1-4H2;1H. The topological polar surface area (TPSA) is 42.7 Å². The summed E-state index contributed by atoms with van der Waals surface area (Å²) in [5, 5.41) is 9.01. The van der Waals surface area contributed by atoms with Gasteiger partial charge in [0.15, 0.2) is 0 Å². The van der Waals surface area contributed by atoms with E-state index in [1.165, 1.54) is 0 Å². The lowest BCUT2D eigenvalue weighted by atomic mass is 10.1. The maximum absolute atomic E-state index is 4.49. The molecule has 0 unspecified atom stereocenters. The second-order valence-electron chi connectivity index (χ2n) is 4.14. The van der Waals surface area contributed by atoms with Crippen LogP contribution in [0.4, 0.5) is 0 Å². The molecule has 0 aliphatic carbocycles. The summed E-state index contributed by atoms with van der Waals surface area (Å²) in [4.78, 5) is 4.28. The van der Waals surface area contributed by atoms with Crippen LogP contribution in [-0.2, 0) is 0 Å². The van der Waals surface area contributed by atoms with Crippen LogP contribution in [0.3, 0.4) is 0 Å². The van der Waals surface area contributed by atoms with Gasteiger partial charge in [-0.2, -0.15) is 5.10 Å². The van der Waals surface area contributed by atoms with Gasteiger partial charge in [0, 0.05) is 5.39 Å². The summed E-state index contributed by atoms with van der Waals surface area (Å²) in [5.41, 5.74) is 1.13. The SMILES string of the molecule is Brc1cc2cnn(C3CCNCC3)c2cn1.Cl. The summed E-state index contributed by atoms with van der Waals surface area (Å²) in [6, 6.07) is 2.53. The molecule has 2 aromatic heterocycles. The predicted molar refractivity (Wildman–Crippen MR) is 73.6 cm³/mol. The Labute approximate surface area is 114 Å². The van der Waals surface area contributed by atoms with E-state index in [1.54, 1.807) is 0 Å². The summed E-state index contributed by atoms with van der Waals surface area (Å²) >= 11 is 3.38. The largest absolute Gasteiger partial charge is 0.317 e. The summed E-state index contributed by atoms with van der Waals surface area (Å²) in [6.45, 7) is 2.16. The molecule has 1 aliphatic rings. The molecular formula is C11H14BrClN4. The van der Waals surface area contributed by atoms with E-state index in [1.807, 2.05) is 18.5 Å². The minimum absolute atomic E-state index is 0. The van der Waals surface area contributed by atoms with E-state index in [0.29, 0.717) is 6.04 Å². The van der Waals surface area contributed by atoms with Crippen LogP contribution in [0.5, 0.6) is 0 Å². The molecule has 1 fully saturated rings. The number of halogens is 2. The average molecular weight is 318 g/mol. The van der Waals surface area contributed by atoms with Gasteiger partial charge in [0.25, 0.3) is 0 Å². The molecule has 0 saturated carbocycles. The number of pyridine rings is 1. The van der Waals surface area contributed by atoms with Crippen molar-refractivity contribution in [2.24, 2.45) is 0 Å². The minimum atomic E-state index is 0. The number of aromatic nitrogens is 3. The Morgan fingerprint density at radius 2 is 2.06 bits per heavy atom. The number of nitrogens with one attached hydrogen (secondary N) is 1. The number of piperidine rings is 1. The molecule has 1 saturated heterocycles. The molecule has 0 aromatic carbocycles. The highest BCUT2D eigenvalue weighted by Crippen LogP contribution is 2.24. The number of fused-ring (bicyclic) bond motifs is 1. The third kappa shape index (κ3) is 2.46. The highest BCUT2D eigenvalue weighted by Gasteiger charge is 2.17. The van der Waals surface area contributed by atoms with Gasteiger partial charge in [-0.25, -0.2) is 4.98 Å². The maximum atomic E-state index is 4.49. The van der Waals surface area contributed by atoms with Gasteiger partial charge < -0.3 is 5.32 Å². The first-order chi connectivity index (χ1) is 7.84. The van der Waals surface area contributed by atoms with Crippen LogP contribution in [0.1, 0.15) is 18.9 Å². The van der Waals surface area contributed by atoms with Crippen LogP contribution >= 0.6 is 28.3 Å². The van der Waals surface area contributed by atoms with E-state index >= 15 is 0 Å². The lowest BCUT2D eigenvalue weighted by molar-refractivity contribution is 0.351. The lowest BCUT2D eigenvalue weighted by Crippen LogP contribution is -2.29. The molecule has 4 nitrogen and oxygen atoms in total. The Morgan fingerprint density at radius 3 is 2.82 bits per heavy atom. The van der Waals surface area contributed by atoms with Crippen LogP contribution < -0.4 is 5.32 Å². The van der Waals surface area contributed by atoms with Gasteiger partial charge in [-0.1, -0.05) is 0 Å². The molecule has 3 heterocycles. The average Bonchev–Trinajstić information content (AvgIpc) is 2.73. The molecular weight excluding hydrogens is 304 g/mol. The minimum Gasteiger partial charge on any atom is -0.317 e. The van der Waals surface area contributed by atoms with Crippen molar-refractivity contribution in [2.45, 2.75) is 18.9 Å². The van der Waals surface area contributed by atoms with E-state index in [4.69, 9.17) is 0 Å². The molecule has 92 valence electrons. The Hall–Kier alpha value is -0.650. The second kappa shape index (κ2) is 5.33. The summed E-state index contributed by atoms with van der Waals surface area (Å²) in [5.74, 6) is 0. The van der Waals surface area contributed by atoms with Crippen LogP contribution in [0.2, 0.25) is 0 Å². The Bertz CT molecular complexity index is 507. The Balaban J connectivity index is 0.00000108. The molecule has 0 radical (unpaired) electrons. The van der Waals surface area contributed by atoms with Crippen LogP contribution in [0.15, 0.2) is 23.1 Å². The van der Waals surface area contributed by atoms with Gasteiger partial charge in [-0.15, -0.1) is 12.4 Å². The van der Waals surface area contributed by atoms with Gasteiger partial charge >= 0.3 is 0 Å². The van der Waals surface area contributed by atoms with Crippen molar-refractivity contribution in [1.29, 1.82) is 0 Å². The zero-order chi connectivity index (χ0) is 11.0. The molecule has 1 aliphatic heterocycles. The highest BCUT2D eigenvalue weighted by atomic mass is 79.9. The fourth-order valence-corrected chi connectivity index (χ4v) is 2.61. The molecule has 2 aromatic rings. The zero-order valence-electron chi connectivity index (χ0n) is 9.27. The first-order valence-electron chi connectivity index (χ1n) is 5.54. The molecule has 0 bridgehead atoms. The first kappa shape index (κ1) is 12.8. The number of nitrogens with zero attached hydrogens (tertiary/aromatic N) is 3. The fourth-order valence-electron chi connectivity index (χ4n) is 2.26. The maximum Gasteiger partial charge on any atom is 0.106 e. The zero-order valence-corrected chi connectivity index (χ0v) is 11.7. The van der Waals surface area contributed by atoms with Crippen LogP contribution in [0, 0.1) is 0 Å². The van der Waals surface area contributed by atoms with E-state index in [9.17, 15) is 0 Å². The quantitative estimate of drug-likeness (QED) is 0.822. The molecule has 17 heavy (non-hydrogen) atoms. The molecule has 3 rings (SSSR count). The van der Waals surface area contributed by atoms with Crippen molar-refractivity contribution >= 4 is 39.2 Å². The second-order valence-corrected chi connectivity index (χ2v) is 4.95. The van der Waals surface area contributed by atoms with Crippen molar-refractivity contribution in [3.63, 3.8) is 0 Å². The van der Waals surface area contributed by atoms with Gasteiger partial charge in [0.1, 0.15) is 4.60 Å². The monoisotopic (exact) mass is 316 g/mol. The van der Waals surface area contributed by atoms with Crippen molar-refractivity contribution in [1.82, 2.24) is 20.1 Å². The van der Waals surface area contributed by atoms with Crippen molar-refractivity contribution in [2.75, 3.05) is 13.1 Å². The van der Waals surface area contributed by atoms with Gasteiger partial charge in [-0.3, -0.25) is 4.68 Å². The van der Waals surface area contributed by atoms with E-state index < -0.39 is 0 Å². The van der Waals surface area contributed by atoms with Crippen LogP contribution in [0.25, 0.3) is 10.9 Å². The Kier molecular flexibility index (Phi) is 4.01. The lowest BCUT2D eigenvalue weighted by Gasteiger charge is -2.23. The van der Waals surface area contributed by atoms with Crippen molar-refractivity contribution in [3.8, 4) is 0 Å². The summed E-state index contributed by atoms with van der Waals surface area (Å²) in [7, 11) is 0. The first-order valence-corrected chi connectivity index (χ1v) is 6.33.